The fourth-order valence-electron chi connectivity index (χ4n) is 3.74. The van der Waals surface area contributed by atoms with E-state index in [-0.39, 0.29) is 62.1 Å². The molecule has 184 valence electrons. The number of methoxy groups -OCH3 is 1. The van der Waals surface area contributed by atoms with Crippen LogP contribution in [0.5, 0.6) is 0 Å². The number of rotatable bonds is 19. The second-order valence-electron chi connectivity index (χ2n) is 8.14. The van der Waals surface area contributed by atoms with Gasteiger partial charge in [0.1, 0.15) is 12.1 Å². The van der Waals surface area contributed by atoms with Crippen molar-refractivity contribution in [3.63, 3.8) is 0 Å². The molecule has 0 aliphatic carbocycles. The van der Waals surface area contributed by atoms with Gasteiger partial charge in [-0.05, 0) is 20.3 Å². The van der Waals surface area contributed by atoms with Gasteiger partial charge in [0.2, 0.25) is 0 Å². The van der Waals surface area contributed by atoms with Crippen molar-refractivity contribution < 1.29 is 29.3 Å². The van der Waals surface area contributed by atoms with Gasteiger partial charge in [-0.25, -0.2) is 0 Å². The summed E-state index contributed by atoms with van der Waals surface area (Å²) in [6.07, 6.45) is 3.41. The maximum absolute atomic E-state index is 12.2. The van der Waals surface area contributed by atoms with Crippen LogP contribution in [0.25, 0.3) is 0 Å². The molecule has 0 heterocycles. The highest BCUT2D eigenvalue weighted by atomic mass is 16.5. The van der Waals surface area contributed by atoms with E-state index in [1.807, 2.05) is 16.7 Å². The lowest BCUT2D eigenvalue weighted by molar-refractivity contribution is -0.143. The molecule has 0 aromatic rings. The van der Waals surface area contributed by atoms with Crippen LogP contribution in [0.1, 0.15) is 40.0 Å². The van der Waals surface area contributed by atoms with Gasteiger partial charge in [0.25, 0.3) is 0 Å². The Morgan fingerprint density at radius 3 is 2.12 bits per heavy atom. The number of aldehydes is 1. The zero-order valence-electron chi connectivity index (χ0n) is 20.1. The molecule has 0 amide bonds. The van der Waals surface area contributed by atoms with E-state index in [0.29, 0.717) is 13.1 Å². The molecule has 2 N–H and O–H groups in total. The molecule has 0 aliphatic heterocycles. The Morgan fingerprint density at radius 2 is 1.66 bits per heavy atom. The first-order chi connectivity index (χ1) is 15.0. The van der Waals surface area contributed by atoms with Gasteiger partial charge in [-0.3, -0.25) is 24.3 Å². The number of carbonyl (C=O) groups excluding carboxylic acids is 3. The van der Waals surface area contributed by atoms with E-state index in [2.05, 4.69) is 20.1 Å². The zero-order valence-corrected chi connectivity index (χ0v) is 20.1. The maximum Gasteiger partial charge on any atom is 0.319 e. The van der Waals surface area contributed by atoms with E-state index >= 15 is 0 Å². The van der Waals surface area contributed by atoms with E-state index in [9.17, 15) is 24.6 Å². The Kier molecular flexibility index (Phi) is 15.3. The molecule has 0 radical (unpaired) electrons. The molecule has 0 bridgehead atoms. The first kappa shape index (κ1) is 29.8. The maximum atomic E-state index is 12.2. The van der Waals surface area contributed by atoms with Crippen molar-refractivity contribution >= 4 is 18.0 Å². The van der Waals surface area contributed by atoms with Gasteiger partial charge in [0.15, 0.2) is 0 Å². The second kappa shape index (κ2) is 16.4. The lowest BCUT2D eigenvalue weighted by Crippen LogP contribution is -2.54. The molecular weight excluding hydrogens is 414 g/mol. The standard InChI is InChI=1S/C23H41N3O6/c1-7-8-9-22(21(5)25(12-13-27)16-20(4)30)26(17-23(31)32-6)11-10-24(14-18(2)28)15-19(3)29/h13,21-22,28,30H,2,4,7-12,14-17H2,1,3,5-6H3. The Morgan fingerprint density at radius 1 is 1.03 bits per heavy atom. The highest BCUT2D eigenvalue weighted by Crippen LogP contribution is 2.19. The first-order valence-electron chi connectivity index (χ1n) is 11.0. The molecule has 32 heavy (non-hydrogen) atoms. The van der Waals surface area contributed by atoms with Crippen LogP contribution in [-0.4, -0.2) is 108 Å². The summed E-state index contributed by atoms with van der Waals surface area (Å²) in [5, 5.41) is 19.3. The Bertz CT molecular complexity index is 609. The summed E-state index contributed by atoms with van der Waals surface area (Å²) in [4.78, 5) is 40.6. The fraction of sp³-hybridized carbons (Fsp3) is 0.696. The number of hydrogen-bond acceptors (Lipinski definition) is 9. The third-order valence-corrected chi connectivity index (χ3v) is 5.27. The molecule has 9 heteroatoms. The van der Waals surface area contributed by atoms with E-state index in [1.165, 1.54) is 14.0 Å². The van der Waals surface area contributed by atoms with Crippen molar-refractivity contribution in [2.75, 3.05) is 52.9 Å². The summed E-state index contributed by atoms with van der Waals surface area (Å²) in [5.74, 6) is -0.515. The summed E-state index contributed by atoms with van der Waals surface area (Å²) in [7, 11) is 1.33. The summed E-state index contributed by atoms with van der Waals surface area (Å²) >= 11 is 0. The van der Waals surface area contributed by atoms with E-state index in [0.717, 1.165) is 25.5 Å². The van der Waals surface area contributed by atoms with Crippen molar-refractivity contribution in [2.45, 2.75) is 52.1 Å². The summed E-state index contributed by atoms with van der Waals surface area (Å²) in [6, 6.07) is -0.292. The molecular formula is C23H41N3O6. The molecule has 0 saturated carbocycles. The predicted octanol–water partition coefficient (Wildman–Crippen LogP) is 1.94. The zero-order chi connectivity index (χ0) is 24.7. The molecule has 0 aromatic carbocycles. The molecule has 2 unspecified atom stereocenters. The molecule has 0 fully saturated rings. The predicted molar refractivity (Wildman–Crippen MR) is 125 cm³/mol. The largest absolute Gasteiger partial charge is 0.512 e. The van der Waals surface area contributed by atoms with Gasteiger partial charge in [-0.1, -0.05) is 32.9 Å². The number of aliphatic hydroxyl groups is 2. The van der Waals surface area contributed by atoms with Crippen molar-refractivity contribution in [3.8, 4) is 0 Å². The minimum Gasteiger partial charge on any atom is -0.512 e. The fourth-order valence-corrected chi connectivity index (χ4v) is 3.74. The number of nitrogens with zero attached hydrogens (tertiary/aromatic N) is 3. The molecule has 0 aromatic heterocycles. The lowest BCUT2D eigenvalue weighted by atomic mass is 9.99. The molecule has 0 rings (SSSR count). The van der Waals surface area contributed by atoms with Crippen molar-refractivity contribution in [1.29, 1.82) is 0 Å². The third-order valence-electron chi connectivity index (χ3n) is 5.27. The summed E-state index contributed by atoms with van der Waals surface area (Å²) in [5.41, 5.74) is 0. The van der Waals surface area contributed by atoms with Gasteiger partial charge in [0.05, 0.1) is 51.4 Å². The van der Waals surface area contributed by atoms with E-state index < -0.39 is 5.97 Å². The smallest absolute Gasteiger partial charge is 0.319 e. The van der Waals surface area contributed by atoms with Crippen LogP contribution < -0.4 is 0 Å². The lowest BCUT2D eigenvalue weighted by Gasteiger charge is -2.40. The number of esters is 1. The first-order valence-corrected chi connectivity index (χ1v) is 11.0. The molecule has 0 aliphatic rings. The monoisotopic (exact) mass is 455 g/mol. The molecule has 0 spiro atoms. The minimum atomic E-state index is -0.392. The number of ether oxygens (including phenoxy) is 1. The van der Waals surface area contributed by atoms with Crippen LogP contribution in [0.4, 0.5) is 0 Å². The van der Waals surface area contributed by atoms with Gasteiger partial charge >= 0.3 is 5.97 Å². The normalized spacial score (nSPS) is 13.2. The van der Waals surface area contributed by atoms with E-state index in [4.69, 9.17) is 4.74 Å². The molecule has 2 atom stereocenters. The van der Waals surface area contributed by atoms with Crippen LogP contribution in [0.3, 0.4) is 0 Å². The van der Waals surface area contributed by atoms with Crippen LogP contribution in [0.15, 0.2) is 24.7 Å². The molecule has 9 nitrogen and oxygen atoms in total. The van der Waals surface area contributed by atoms with Crippen molar-refractivity contribution in [2.24, 2.45) is 0 Å². The Balaban J connectivity index is 5.80. The average molecular weight is 456 g/mol. The number of hydrogen-bond donors (Lipinski definition) is 2. The SMILES string of the molecule is C=C(O)CN(CCN(CC(=O)OC)C(CCCC)C(C)N(CC=O)CC(=C)O)CC(C)=O. The summed E-state index contributed by atoms with van der Waals surface area (Å²) < 4.78 is 4.90. The van der Waals surface area contributed by atoms with Gasteiger partial charge < -0.3 is 19.7 Å². The van der Waals surface area contributed by atoms with Crippen LogP contribution >= 0.6 is 0 Å². The van der Waals surface area contributed by atoms with Gasteiger partial charge in [-0.2, -0.15) is 0 Å². The summed E-state index contributed by atoms with van der Waals surface area (Å²) in [6.45, 7) is 14.0. The highest BCUT2D eigenvalue weighted by molar-refractivity contribution is 5.77. The topological polar surface area (TPSA) is 111 Å². The van der Waals surface area contributed by atoms with E-state index in [1.54, 1.807) is 4.90 Å². The number of aliphatic hydroxyl groups excluding tert-OH is 2. The van der Waals surface area contributed by atoms with Crippen LogP contribution in [-0.2, 0) is 19.1 Å². The van der Waals surface area contributed by atoms with Crippen molar-refractivity contribution in [3.05, 3.63) is 24.7 Å². The van der Waals surface area contributed by atoms with Crippen LogP contribution in [0.2, 0.25) is 0 Å². The third kappa shape index (κ3) is 12.6. The quantitative estimate of drug-likeness (QED) is 0.171. The Labute approximate surface area is 192 Å². The minimum absolute atomic E-state index is 0.0399. The van der Waals surface area contributed by atoms with Crippen molar-refractivity contribution in [1.82, 2.24) is 14.7 Å². The Hall–Kier alpha value is -2.23. The van der Waals surface area contributed by atoms with Crippen LogP contribution in [0, 0.1) is 0 Å². The number of carbonyl (C=O) groups is 3. The van der Waals surface area contributed by atoms with Gasteiger partial charge in [0, 0.05) is 25.2 Å². The highest BCUT2D eigenvalue weighted by Gasteiger charge is 2.30. The second-order valence-corrected chi connectivity index (χ2v) is 8.14. The number of unbranched alkanes of at least 4 members (excludes halogenated alkanes) is 1. The number of Topliss-reactive ketones (excluding diaryl/α,β-unsaturated/α-hetero) is 1. The number of ketones is 1. The molecule has 0 saturated heterocycles. The van der Waals surface area contributed by atoms with Gasteiger partial charge in [-0.15, -0.1) is 0 Å². The average Bonchev–Trinajstić information content (AvgIpc) is 2.69.